The molecule has 6 nitrogen and oxygen atoms in total. The quantitative estimate of drug-likeness (QED) is 0.709. The number of halogens is 2. The number of nitrogens with one attached hydrogen (secondary N) is 2. The molecule has 2 heterocycles. The van der Waals surface area contributed by atoms with Crippen molar-refractivity contribution in [3.63, 3.8) is 0 Å². The molecule has 0 atom stereocenters. The van der Waals surface area contributed by atoms with Crippen LogP contribution in [0.5, 0.6) is 0 Å². The Labute approximate surface area is 162 Å². The fourth-order valence-corrected chi connectivity index (χ4v) is 3.35. The van der Waals surface area contributed by atoms with Gasteiger partial charge in [-0.15, -0.1) is 0 Å². The van der Waals surface area contributed by atoms with E-state index >= 15 is 0 Å². The van der Waals surface area contributed by atoms with Gasteiger partial charge in [-0.25, -0.2) is 13.8 Å². The molecule has 2 aromatic rings. The van der Waals surface area contributed by atoms with Crippen LogP contribution in [0.25, 0.3) is 0 Å². The summed E-state index contributed by atoms with van der Waals surface area (Å²) in [6.07, 6.45) is 5.31. The van der Waals surface area contributed by atoms with Crippen molar-refractivity contribution in [1.29, 1.82) is 0 Å². The van der Waals surface area contributed by atoms with Gasteiger partial charge < -0.3 is 15.2 Å². The number of unbranched alkanes of at least 4 members (excludes halogenated alkanes) is 2. The topological polar surface area (TPSA) is 76.0 Å². The summed E-state index contributed by atoms with van der Waals surface area (Å²) in [6, 6.07) is 3.35. The highest BCUT2D eigenvalue weighted by molar-refractivity contribution is 6.03. The number of rotatable bonds is 7. The van der Waals surface area contributed by atoms with Crippen LogP contribution in [0.15, 0.2) is 18.2 Å². The zero-order valence-corrected chi connectivity index (χ0v) is 15.9. The van der Waals surface area contributed by atoms with E-state index in [0.29, 0.717) is 25.2 Å². The summed E-state index contributed by atoms with van der Waals surface area (Å²) in [7, 11) is 0. The van der Waals surface area contributed by atoms with E-state index < -0.39 is 23.2 Å². The minimum absolute atomic E-state index is 0.00365. The Morgan fingerprint density at radius 2 is 1.89 bits per heavy atom. The smallest absolute Gasteiger partial charge is 0.291 e. The fraction of sp³-hybridized carbons (Fsp3) is 0.450. The van der Waals surface area contributed by atoms with Crippen molar-refractivity contribution in [2.75, 3.05) is 11.9 Å². The molecule has 0 spiro atoms. The molecule has 28 heavy (non-hydrogen) atoms. The first-order chi connectivity index (χ1) is 13.5. The Morgan fingerprint density at radius 3 is 2.61 bits per heavy atom. The van der Waals surface area contributed by atoms with E-state index in [1.165, 1.54) is 6.07 Å². The Bertz CT molecular complexity index is 859. The second-order valence-electron chi connectivity index (χ2n) is 6.85. The number of anilines is 1. The van der Waals surface area contributed by atoms with Gasteiger partial charge in [-0.05, 0) is 37.8 Å². The van der Waals surface area contributed by atoms with Gasteiger partial charge in [-0.1, -0.05) is 25.8 Å². The molecule has 2 amide bonds. The molecule has 1 aromatic heterocycles. The summed E-state index contributed by atoms with van der Waals surface area (Å²) in [5, 5.41) is 5.09. The van der Waals surface area contributed by atoms with Crippen molar-refractivity contribution in [2.45, 2.75) is 52.0 Å². The molecular formula is C20H24F2N4O2. The molecule has 8 heteroatoms. The molecule has 1 aromatic carbocycles. The van der Waals surface area contributed by atoms with Crippen LogP contribution in [-0.2, 0) is 13.0 Å². The molecule has 0 saturated carbocycles. The predicted molar refractivity (Wildman–Crippen MR) is 101 cm³/mol. The summed E-state index contributed by atoms with van der Waals surface area (Å²) in [4.78, 5) is 29.4. The summed E-state index contributed by atoms with van der Waals surface area (Å²) in [5.74, 6) is -2.80. The third-order valence-corrected chi connectivity index (χ3v) is 4.80. The largest absolute Gasteiger partial charge is 0.351 e. The van der Waals surface area contributed by atoms with Crippen LogP contribution in [0.3, 0.4) is 0 Å². The van der Waals surface area contributed by atoms with Crippen molar-refractivity contribution >= 4 is 17.5 Å². The molecule has 150 valence electrons. The van der Waals surface area contributed by atoms with E-state index in [1.807, 2.05) is 0 Å². The first-order valence-corrected chi connectivity index (χ1v) is 9.66. The number of carbonyl (C=O) groups excluding carboxylic acids is 2. The SMILES string of the molecule is CCCCCNC(=O)c1nc(C(=O)Nc2c(F)cccc2F)n2c1CCCC2. The first-order valence-electron chi connectivity index (χ1n) is 9.66. The Kier molecular flexibility index (Phi) is 6.38. The minimum Gasteiger partial charge on any atom is -0.351 e. The highest BCUT2D eigenvalue weighted by Gasteiger charge is 2.28. The zero-order valence-electron chi connectivity index (χ0n) is 15.9. The third-order valence-electron chi connectivity index (χ3n) is 4.80. The number of amides is 2. The summed E-state index contributed by atoms with van der Waals surface area (Å²) in [6.45, 7) is 3.16. The van der Waals surface area contributed by atoms with E-state index in [4.69, 9.17) is 0 Å². The van der Waals surface area contributed by atoms with Gasteiger partial charge in [0.1, 0.15) is 23.0 Å². The number of nitrogens with zero attached hydrogens (tertiary/aromatic N) is 2. The highest BCUT2D eigenvalue weighted by atomic mass is 19.1. The zero-order chi connectivity index (χ0) is 20.1. The molecule has 2 N–H and O–H groups in total. The lowest BCUT2D eigenvalue weighted by atomic mass is 10.1. The molecule has 0 bridgehead atoms. The third kappa shape index (κ3) is 4.21. The van der Waals surface area contributed by atoms with Gasteiger partial charge in [-0.2, -0.15) is 0 Å². The molecule has 0 aliphatic carbocycles. The number of carbonyl (C=O) groups is 2. The Hall–Kier alpha value is -2.77. The Balaban J connectivity index is 1.84. The van der Waals surface area contributed by atoms with E-state index in [9.17, 15) is 18.4 Å². The van der Waals surface area contributed by atoms with Crippen molar-refractivity contribution in [1.82, 2.24) is 14.9 Å². The lowest BCUT2D eigenvalue weighted by Gasteiger charge is -2.17. The van der Waals surface area contributed by atoms with Gasteiger partial charge in [0.2, 0.25) is 0 Å². The van der Waals surface area contributed by atoms with Crippen LogP contribution < -0.4 is 10.6 Å². The van der Waals surface area contributed by atoms with Crippen molar-refractivity contribution in [3.05, 3.63) is 47.0 Å². The lowest BCUT2D eigenvalue weighted by Crippen LogP contribution is -2.26. The number of hydrogen-bond donors (Lipinski definition) is 2. The van der Waals surface area contributed by atoms with Crippen LogP contribution in [0.1, 0.15) is 65.8 Å². The van der Waals surface area contributed by atoms with Gasteiger partial charge in [0.25, 0.3) is 11.8 Å². The molecule has 0 radical (unpaired) electrons. The molecule has 0 saturated heterocycles. The van der Waals surface area contributed by atoms with Gasteiger partial charge in [0.05, 0.1) is 5.69 Å². The van der Waals surface area contributed by atoms with Crippen LogP contribution in [-0.4, -0.2) is 27.9 Å². The predicted octanol–water partition coefficient (Wildman–Crippen LogP) is 3.67. The maximum absolute atomic E-state index is 13.9. The van der Waals surface area contributed by atoms with Gasteiger partial charge in [0.15, 0.2) is 5.82 Å². The van der Waals surface area contributed by atoms with E-state index in [0.717, 1.165) is 44.2 Å². The average molecular weight is 390 g/mol. The van der Waals surface area contributed by atoms with Crippen LogP contribution in [0, 0.1) is 11.6 Å². The molecule has 1 aliphatic heterocycles. The minimum atomic E-state index is -0.868. The maximum atomic E-state index is 13.9. The van der Waals surface area contributed by atoms with Crippen LogP contribution >= 0.6 is 0 Å². The molecule has 1 aliphatic rings. The number of imidazole rings is 1. The summed E-state index contributed by atoms with van der Waals surface area (Å²) < 4.78 is 29.4. The van der Waals surface area contributed by atoms with Gasteiger partial charge >= 0.3 is 0 Å². The number of aromatic nitrogens is 2. The van der Waals surface area contributed by atoms with Gasteiger partial charge in [-0.3, -0.25) is 9.59 Å². The number of para-hydroxylation sites is 1. The average Bonchev–Trinajstić information content (AvgIpc) is 3.08. The number of hydrogen-bond acceptors (Lipinski definition) is 3. The van der Waals surface area contributed by atoms with Crippen LogP contribution in [0.2, 0.25) is 0 Å². The maximum Gasteiger partial charge on any atom is 0.291 e. The lowest BCUT2D eigenvalue weighted by molar-refractivity contribution is 0.0947. The summed E-state index contributed by atoms with van der Waals surface area (Å²) >= 11 is 0. The summed E-state index contributed by atoms with van der Waals surface area (Å²) in [5.41, 5.74) is 0.389. The molecule has 0 fully saturated rings. The molecule has 0 unspecified atom stereocenters. The monoisotopic (exact) mass is 390 g/mol. The normalized spacial score (nSPS) is 13.1. The van der Waals surface area contributed by atoms with E-state index in [1.54, 1.807) is 4.57 Å². The number of benzene rings is 1. The van der Waals surface area contributed by atoms with E-state index in [2.05, 4.69) is 22.5 Å². The second-order valence-corrected chi connectivity index (χ2v) is 6.85. The molecule has 3 rings (SSSR count). The molecular weight excluding hydrogens is 366 g/mol. The fourth-order valence-electron chi connectivity index (χ4n) is 3.35. The van der Waals surface area contributed by atoms with Crippen molar-refractivity contribution < 1.29 is 18.4 Å². The first kappa shape index (κ1) is 20.0. The van der Waals surface area contributed by atoms with Crippen molar-refractivity contribution in [2.24, 2.45) is 0 Å². The second kappa shape index (κ2) is 8.95. The standard InChI is InChI=1S/C20H24F2N4O2/c1-2-3-5-11-23-19(27)17-15-10-4-6-12-26(15)18(24-17)20(28)25-16-13(21)8-7-9-14(16)22/h7-9H,2-6,10-12H2,1H3,(H,23,27)(H,25,28). The van der Waals surface area contributed by atoms with Gasteiger partial charge in [0, 0.05) is 13.1 Å². The van der Waals surface area contributed by atoms with Crippen LogP contribution in [0.4, 0.5) is 14.5 Å². The van der Waals surface area contributed by atoms with Crippen molar-refractivity contribution in [3.8, 4) is 0 Å². The van der Waals surface area contributed by atoms with E-state index in [-0.39, 0.29) is 17.4 Å². The number of fused-ring (bicyclic) bond motifs is 1. The Morgan fingerprint density at radius 1 is 1.14 bits per heavy atom. The highest BCUT2D eigenvalue weighted by Crippen LogP contribution is 2.23.